The van der Waals surface area contributed by atoms with Crippen LogP contribution >= 0.6 is 0 Å². The van der Waals surface area contributed by atoms with Crippen LogP contribution in [0.3, 0.4) is 0 Å². The lowest BCUT2D eigenvalue weighted by Crippen LogP contribution is -2.19. The Bertz CT molecular complexity index is 626. The molecular formula is C13H15BFN2O3. The summed E-state index contributed by atoms with van der Waals surface area (Å²) in [5.74, 6) is -0.0474. The first-order valence-electron chi connectivity index (χ1n) is 6.63. The number of hydrogen-bond donors (Lipinski definition) is 1. The topological polar surface area (TPSA) is 56.5 Å². The van der Waals surface area contributed by atoms with Crippen molar-refractivity contribution in [2.75, 3.05) is 6.61 Å². The van der Waals surface area contributed by atoms with Crippen molar-refractivity contribution in [2.45, 2.75) is 32.4 Å². The minimum Gasteiger partial charge on any atom is -0.522 e. The first-order chi connectivity index (χ1) is 9.70. The van der Waals surface area contributed by atoms with Crippen molar-refractivity contribution in [1.82, 2.24) is 9.78 Å². The number of hydrogen-bond acceptors (Lipinski definition) is 4. The van der Waals surface area contributed by atoms with Crippen molar-refractivity contribution in [1.29, 1.82) is 0 Å². The number of aryl methyl sites for hydroxylation is 1. The zero-order chi connectivity index (χ0) is 14.1. The number of aromatic nitrogens is 2. The number of benzene rings is 1. The molecule has 0 amide bonds. The van der Waals surface area contributed by atoms with E-state index in [0.29, 0.717) is 30.8 Å². The van der Waals surface area contributed by atoms with E-state index in [2.05, 4.69) is 5.10 Å². The van der Waals surface area contributed by atoms with Gasteiger partial charge in [0.25, 0.3) is 0 Å². The average molecular weight is 277 g/mol. The van der Waals surface area contributed by atoms with E-state index in [0.717, 1.165) is 19.3 Å². The van der Waals surface area contributed by atoms with Crippen molar-refractivity contribution in [2.24, 2.45) is 0 Å². The van der Waals surface area contributed by atoms with Gasteiger partial charge in [0.1, 0.15) is 5.82 Å². The molecule has 105 valence electrons. The molecule has 0 aliphatic carbocycles. The highest BCUT2D eigenvalue weighted by molar-refractivity contribution is 6.17. The van der Waals surface area contributed by atoms with E-state index in [1.807, 2.05) is 0 Å². The lowest BCUT2D eigenvalue weighted by atomic mass is 10.1. The number of rotatable bonds is 3. The summed E-state index contributed by atoms with van der Waals surface area (Å²) in [4.78, 5) is 0. The maximum absolute atomic E-state index is 13.8. The lowest BCUT2D eigenvalue weighted by molar-refractivity contribution is -0.0370. The van der Waals surface area contributed by atoms with Crippen molar-refractivity contribution >= 4 is 18.6 Å². The zero-order valence-electron chi connectivity index (χ0n) is 11.2. The monoisotopic (exact) mass is 277 g/mol. The van der Waals surface area contributed by atoms with E-state index in [1.165, 1.54) is 6.07 Å². The second-order valence-electron chi connectivity index (χ2n) is 4.91. The van der Waals surface area contributed by atoms with Crippen LogP contribution in [0.15, 0.2) is 12.1 Å². The summed E-state index contributed by atoms with van der Waals surface area (Å²) in [6.45, 7) is 2.35. The SMILES string of the molecule is Cc1cc2c(O[B]O)nn(C3CCCCO3)c2cc1F. The fourth-order valence-corrected chi connectivity index (χ4v) is 2.51. The predicted molar refractivity (Wildman–Crippen MR) is 71.9 cm³/mol. The molecule has 1 aromatic heterocycles. The van der Waals surface area contributed by atoms with Crippen LogP contribution in [-0.4, -0.2) is 29.1 Å². The van der Waals surface area contributed by atoms with Crippen LogP contribution < -0.4 is 4.65 Å². The van der Waals surface area contributed by atoms with E-state index in [9.17, 15) is 4.39 Å². The quantitative estimate of drug-likeness (QED) is 0.873. The van der Waals surface area contributed by atoms with Crippen LogP contribution in [0.4, 0.5) is 4.39 Å². The van der Waals surface area contributed by atoms with Gasteiger partial charge in [-0.2, -0.15) is 0 Å². The van der Waals surface area contributed by atoms with E-state index >= 15 is 0 Å². The highest BCUT2D eigenvalue weighted by Crippen LogP contribution is 2.32. The Morgan fingerprint density at radius 3 is 3.05 bits per heavy atom. The van der Waals surface area contributed by atoms with Gasteiger partial charge in [0.2, 0.25) is 5.88 Å². The maximum Gasteiger partial charge on any atom is 0.570 e. The summed E-state index contributed by atoms with van der Waals surface area (Å²) in [6, 6.07) is 3.09. The molecule has 1 aliphatic rings. The van der Waals surface area contributed by atoms with Gasteiger partial charge in [-0.15, -0.1) is 5.10 Å². The predicted octanol–water partition coefficient (Wildman–Crippen LogP) is 2.09. The van der Waals surface area contributed by atoms with E-state index < -0.39 is 0 Å². The van der Waals surface area contributed by atoms with E-state index in [-0.39, 0.29) is 17.9 Å². The third kappa shape index (κ3) is 2.27. The van der Waals surface area contributed by atoms with Crippen molar-refractivity contribution in [3.8, 4) is 5.88 Å². The molecule has 1 aromatic carbocycles. The Morgan fingerprint density at radius 1 is 1.50 bits per heavy atom. The highest BCUT2D eigenvalue weighted by atomic mass is 19.1. The van der Waals surface area contributed by atoms with E-state index in [1.54, 1.807) is 17.7 Å². The first-order valence-corrected chi connectivity index (χ1v) is 6.63. The Hall–Kier alpha value is -1.60. The molecule has 0 saturated carbocycles. The summed E-state index contributed by atoms with van der Waals surface area (Å²) < 4.78 is 26.1. The largest absolute Gasteiger partial charge is 0.570 e. The van der Waals surface area contributed by atoms with Gasteiger partial charge in [0.15, 0.2) is 6.23 Å². The summed E-state index contributed by atoms with van der Waals surface area (Å²) in [5.41, 5.74) is 1.11. The molecule has 5 nitrogen and oxygen atoms in total. The maximum atomic E-state index is 13.8. The Labute approximate surface area is 116 Å². The summed E-state index contributed by atoms with van der Waals surface area (Å²) in [7, 11) is 0.576. The highest BCUT2D eigenvalue weighted by Gasteiger charge is 2.22. The fraction of sp³-hybridized carbons (Fsp3) is 0.462. The molecule has 1 unspecified atom stereocenters. The van der Waals surface area contributed by atoms with Gasteiger partial charge < -0.3 is 14.4 Å². The summed E-state index contributed by atoms with van der Waals surface area (Å²) in [6.07, 6.45) is 2.68. The molecule has 1 saturated heterocycles. The van der Waals surface area contributed by atoms with Gasteiger partial charge in [-0.25, -0.2) is 9.07 Å². The standard InChI is InChI=1S/C13H15BFN2O3/c1-8-6-9-11(7-10(8)15)17(16-13(9)20-14-18)12-4-2-3-5-19-12/h6-7,12,18H,2-5H2,1H3. The van der Waals surface area contributed by atoms with Crippen molar-refractivity contribution in [3.05, 3.63) is 23.5 Å². The summed E-state index contributed by atoms with van der Waals surface area (Å²) in [5, 5.41) is 13.8. The Kier molecular flexibility index (Phi) is 3.63. The lowest BCUT2D eigenvalue weighted by Gasteiger charge is -2.23. The molecule has 1 radical (unpaired) electrons. The van der Waals surface area contributed by atoms with Gasteiger partial charge in [0, 0.05) is 12.7 Å². The molecule has 7 heteroatoms. The van der Waals surface area contributed by atoms with Crippen molar-refractivity contribution in [3.63, 3.8) is 0 Å². The average Bonchev–Trinajstić information content (AvgIpc) is 2.79. The van der Waals surface area contributed by atoms with E-state index in [4.69, 9.17) is 14.4 Å². The molecule has 1 atom stereocenters. The molecule has 2 heterocycles. The molecule has 1 N–H and O–H groups in total. The van der Waals surface area contributed by atoms with Gasteiger partial charge in [-0.3, -0.25) is 0 Å². The molecule has 20 heavy (non-hydrogen) atoms. The third-order valence-corrected chi connectivity index (χ3v) is 3.55. The molecule has 3 rings (SSSR count). The second-order valence-corrected chi connectivity index (χ2v) is 4.91. The van der Waals surface area contributed by atoms with Crippen LogP contribution in [0.1, 0.15) is 31.1 Å². The van der Waals surface area contributed by atoms with Gasteiger partial charge in [-0.05, 0) is 37.8 Å². The number of ether oxygens (including phenoxy) is 1. The smallest absolute Gasteiger partial charge is 0.522 e. The Morgan fingerprint density at radius 2 is 2.35 bits per heavy atom. The Balaban J connectivity index is 2.12. The first kappa shape index (κ1) is 13.4. The van der Waals surface area contributed by atoms with Crippen LogP contribution in [0.2, 0.25) is 0 Å². The molecule has 0 bridgehead atoms. The van der Waals surface area contributed by atoms with Crippen molar-refractivity contribution < 1.29 is 18.8 Å². The fourth-order valence-electron chi connectivity index (χ4n) is 2.51. The number of halogens is 1. The van der Waals surface area contributed by atoms with Crippen LogP contribution in [0, 0.1) is 12.7 Å². The number of nitrogens with zero attached hydrogens (tertiary/aromatic N) is 2. The van der Waals surface area contributed by atoms with Crippen LogP contribution in [-0.2, 0) is 4.74 Å². The summed E-state index contributed by atoms with van der Waals surface area (Å²) >= 11 is 0. The molecule has 1 aliphatic heterocycles. The molecule has 2 aromatic rings. The van der Waals surface area contributed by atoms with Gasteiger partial charge in [0.05, 0.1) is 10.9 Å². The van der Waals surface area contributed by atoms with Crippen LogP contribution in [0.5, 0.6) is 5.88 Å². The molecule has 0 spiro atoms. The number of fused-ring (bicyclic) bond motifs is 1. The normalized spacial score (nSPS) is 19.2. The zero-order valence-corrected chi connectivity index (χ0v) is 11.2. The van der Waals surface area contributed by atoms with Gasteiger partial charge >= 0.3 is 7.69 Å². The molecule has 1 fully saturated rings. The minimum atomic E-state index is -0.297. The second kappa shape index (κ2) is 5.42. The van der Waals surface area contributed by atoms with Gasteiger partial charge in [-0.1, -0.05) is 0 Å². The molecular weight excluding hydrogens is 262 g/mol. The van der Waals surface area contributed by atoms with Crippen LogP contribution in [0.25, 0.3) is 10.9 Å². The minimum absolute atomic E-state index is 0.218. The third-order valence-electron chi connectivity index (χ3n) is 3.55.